The third kappa shape index (κ3) is 5.63. The van der Waals surface area contributed by atoms with E-state index in [1.165, 1.54) is 10.4 Å². The quantitative estimate of drug-likeness (QED) is 0.436. The number of aliphatic hydroxyl groups is 1. The van der Waals surface area contributed by atoms with Crippen molar-refractivity contribution < 1.29 is 13.5 Å². The predicted molar refractivity (Wildman–Crippen MR) is 70.4 cm³/mol. The van der Waals surface area contributed by atoms with Crippen molar-refractivity contribution in [2.24, 2.45) is 0 Å². The minimum Gasteiger partial charge on any atom is -0.395 e. The Morgan fingerprint density at radius 1 is 1.53 bits per heavy atom. The molecule has 0 aromatic carbocycles. The first-order valence-corrected chi connectivity index (χ1v) is 7.42. The van der Waals surface area contributed by atoms with Gasteiger partial charge in [0.15, 0.2) is 0 Å². The second kappa shape index (κ2) is 8.63. The highest BCUT2D eigenvalue weighted by molar-refractivity contribution is 7.89. The zero-order valence-electron chi connectivity index (χ0n) is 10.7. The Morgan fingerprint density at radius 2 is 2.18 bits per heavy atom. The zero-order chi connectivity index (χ0) is 13.3. The number of sulfonamides is 1. The first-order chi connectivity index (χ1) is 8.00. The van der Waals surface area contributed by atoms with E-state index in [0.717, 1.165) is 13.0 Å². The molecule has 0 fully saturated rings. The van der Waals surface area contributed by atoms with Crippen molar-refractivity contribution in [3.63, 3.8) is 0 Å². The Bertz CT molecular complexity index is 304. The van der Waals surface area contributed by atoms with Gasteiger partial charge in [0.25, 0.3) is 0 Å². The van der Waals surface area contributed by atoms with Gasteiger partial charge in [-0.05, 0) is 19.9 Å². The Kier molecular flexibility index (Phi) is 8.41. The van der Waals surface area contributed by atoms with Crippen LogP contribution in [0.2, 0.25) is 0 Å². The molecule has 6 heteroatoms. The van der Waals surface area contributed by atoms with E-state index in [4.69, 9.17) is 5.11 Å². The van der Waals surface area contributed by atoms with Gasteiger partial charge >= 0.3 is 0 Å². The molecular weight excluding hydrogens is 240 g/mol. The summed E-state index contributed by atoms with van der Waals surface area (Å²) in [7, 11) is -3.37. The molecule has 17 heavy (non-hydrogen) atoms. The minimum absolute atomic E-state index is 0.118. The number of aliphatic hydroxyl groups excluding tert-OH is 1. The van der Waals surface area contributed by atoms with Crippen LogP contribution in [-0.4, -0.2) is 55.9 Å². The molecule has 0 radical (unpaired) electrons. The average molecular weight is 264 g/mol. The van der Waals surface area contributed by atoms with Crippen molar-refractivity contribution >= 4 is 10.0 Å². The molecular formula is C11H24N2O3S. The van der Waals surface area contributed by atoms with Crippen LogP contribution in [0.1, 0.15) is 20.3 Å². The third-order valence-electron chi connectivity index (χ3n) is 2.41. The van der Waals surface area contributed by atoms with Gasteiger partial charge in [-0.15, -0.1) is 6.58 Å². The van der Waals surface area contributed by atoms with Crippen molar-refractivity contribution in [2.45, 2.75) is 25.5 Å². The second-order valence-electron chi connectivity index (χ2n) is 3.93. The summed E-state index contributed by atoms with van der Waals surface area (Å²) in [5, 5.41) is 11.5. The van der Waals surface area contributed by atoms with E-state index in [0.29, 0.717) is 6.54 Å². The Morgan fingerprint density at radius 3 is 2.65 bits per heavy atom. The van der Waals surface area contributed by atoms with Crippen LogP contribution in [-0.2, 0) is 10.0 Å². The van der Waals surface area contributed by atoms with Gasteiger partial charge in [0.05, 0.1) is 11.9 Å². The van der Waals surface area contributed by atoms with Crippen molar-refractivity contribution in [1.82, 2.24) is 9.62 Å². The van der Waals surface area contributed by atoms with E-state index < -0.39 is 15.3 Å². The lowest BCUT2D eigenvalue weighted by Crippen LogP contribution is -2.43. The lowest BCUT2D eigenvalue weighted by atomic mass is 10.4. The molecule has 0 saturated heterocycles. The summed E-state index contributed by atoms with van der Waals surface area (Å²) in [4.78, 5) is 0. The van der Waals surface area contributed by atoms with Gasteiger partial charge in [0.2, 0.25) is 10.0 Å². The molecule has 2 N–H and O–H groups in total. The summed E-state index contributed by atoms with van der Waals surface area (Å²) < 4.78 is 25.5. The van der Waals surface area contributed by atoms with Gasteiger partial charge in [0, 0.05) is 19.6 Å². The minimum atomic E-state index is -3.37. The molecule has 0 heterocycles. The van der Waals surface area contributed by atoms with Gasteiger partial charge in [-0.3, -0.25) is 0 Å². The van der Waals surface area contributed by atoms with Crippen LogP contribution in [0.25, 0.3) is 0 Å². The van der Waals surface area contributed by atoms with Gasteiger partial charge in [-0.25, -0.2) is 8.42 Å². The third-order valence-corrected chi connectivity index (χ3v) is 4.64. The van der Waals surface area contributed by atoms with Crippen LogP contribution in [0.15, 0.2) is 12.7 Å². The number of nitrogens with zero attached hydrogens (tertiary/aromatic N) is 1. The highest BCUT2D eigenvalue weighted by Gasteiger charge is 2.27. The fourth-order valence-corrected chi connectivity index (χ4v) is 2.91. The van der Waals surface area contributed by atoms with Gasteiger partial charge in [-0.1, -0.05) is 13.0 Å². The largest absolute Gasteiger partial charge is 0.395 e. The van der Waals surface area contributed by atoms with Crippen LogP contribution in [0.3, 0.4) is 0 Å². The molecule has 0 amide bonds. The average Bonchev–Trinajstić information content (AvgIpc) is 2.29. The Hall–Kier alpha value is -0.430. The smallest absolute Gasteiger partial charge is 0.218 e. The number of nitrogens with one attached hydrogen (secondary N) is 1. The molecule has 0 bridgehead atoms. The first-order valence-electron chi connectivity index (χ1n) is 5.92. The number of hydrogen-bond acceptors (Lipinski definition) is 4. The van der Waals surface area contributed by atoms with Gasteiger partial charge < -0.3 is 10.4 Å². The monoisotopic (exact) mass is 264 g/mol. The Balaban J connectivity index is 4.52. The highest BCUT2D eigenvalue weighted by atomic mass is 32.2. The lowest BCUT2D eigenvalue weighted by Gasteiger charge is -2.24. The molecule has 0 aliphatic rings. The molecule has 1 atom stereocenters. The van der Waals surface area contributed by atoms with Gasteiger partial charge in [0.1, 0.15) is 0 Å². The van der Waals surface area contributed by atoms with Crippen molar-refractivity contribution in [2.75, 3.05) is 32.8 Å². The fraction of sp³-hybridized carbons (Fsp3) is 0.818. The highest BCUT2D eigenvalue weighted by Crippen LogP contribution is 2.08. The maximum Gasteiger partial charge on any atom is 0.218 e. The van der Waals surface area contributed by atoms with Crippen molar-refractivity contribution in [1.29, 1.82) is 0 Å². The molecule has 5 nitrogen and oxygen atoms in total. The maximum absolute atomic E-state index is 12.1. The summed E-state index contributed by atoms with van der Waals surface area (Å²) in [5.41, 5.74) is 0. The lowest BCUT2D eigenvalue weighted by molar-refractivity contribution is 0.259. The SMILES string of the molecule is C=CCN(CCO)S(=O)(=O)C(C)CNCCC. The second-order valence-corrected chi connectivity index (χ2v) is 6.28. The zero-order valence-corrected chi connectivity index (χ0v) is 11.5. The number of hydrogen-bond donors (Lipinski definition) is 2. The number of rotatable bonds is 10. The maximum atomic E-state index is 12.1. The summed E-state index contributed by atoms with van der Waals surface area (Å²) >= 11 is 0. The molecule has 0 aliphatic carbocycles. The molecule has 0 saturated carbocycles. The van der Waals surface area contributed by atoms with E-state index in [9.17, 15) is 8.42 Å². The molecule has 1 unspecified atom stereocenters. The topological polar surface area (TPSA) is 69.6 Å². The molecule has 0 aromatic rings. The molecule has 0 aromatic heterocycles. The van der Waals surface area contributed by atoms with Crippen molar-refractivity contribution in [3.05, 3.63) is 12.7 Å². The van der Waals surface area contributed by atoms with E-state index in [-0.39, 0.29) is 19.7 Å². The first kappa shape index (κ1) is 16.6. The summed E-state index contributed by atoms with van der Waals surface area (Å²) in [6.45, 7) is 8.64. The molecule has 0 spiro atoms. The molecule has 102 valence electrons. The molecule has 0 aliphatic heterocycles. The van der Waals surface area contributed by atoms with Crippen molar-refractivity contribution in [3.8, 4) is 0 Å². The summed E-state index contributed by atoms with van der Waals surface area (Å²) in [6, 6.07) is 0. The van der Waals surface area contributed by atoms with E-state index in [1.807, 2.05) is 6.92 Å². The van der Waals surface area contributed by atoms with Crippen LogP contribution in [0.5, 0.6) is 0 Å². The van der Waals surface area contributed by atoms with Crippen LogP contribution in [0.4, 0.5) is 0 Å². The normalized spacial score (nSPS) is 13.9. The van der Waals surface area contributed by atoms with E-state index >= 15 is 0 Å². The van der Waals surface area contributed by atoms with Crippen LogP contribution < -0.4 is 5.32 Å². The van der Waals surface area contributed by atoms with E-state index in [2.05, 4.69) is 11.9 Å². The van der Waals surface area contributed by atoms with E-state index in [1.54, 1.807) is 6.92 Å². The van der Waals surface area contributed by atoms with Crippen LogP contribution >= 0.6 is 0 Å². The van der Waals surface area contributed by atoms with Gasteiger partial charge in [-0.2, -0.15) is 4.31 Å². The Labute approximate surface area is 105 Å². The van der Waals surface area contributed by atoms with Crippen LogP contribution in [0, 0.1) is 0 Å². The fourth-order valence-electron chi connectivity index (χ4n) is 1.42. The summed E-state index contributed by atoms with van der Waals surface area (Å²) in [5.74, 6) is 0. The predicted octanol–water partition coefficient (Wildman–Crippen LogP) is 0.185. The molecule has 0 rings (SSSR count). The summed E-state index contributed by atoms with van der Waals surface area (Å²) in [6.07, 6.45) is 2.50. The standard InChI is InChI=1S/C11H24N2O3S/c1-4-6-12-10-11(3)17(15,16)13(7-5-2)8-9-14/h5,11-12,14H,2,4,6-10H2,1,3H3.